The third-order valence-corrected chi connectivity index (χ3v) is 4.39. The number of hydrogen-bond acceptors (Lipinski definition) is 2. The van der Waals surface area contributed by atoms with Gasteiger partial charge in [0.05, 0.1) is 22.4 Å². The molecule has 4 nitrogen and oxygen atoms in total. The molecule has 0 aliphatic rings. The predicted octanol–water partition coefficient (Wildman–Crippen LogP) is 3.09. The molecule has 0 bridgehead atoms. The summed E-state index contributed by atoms with van der Waals surface area (Å²) < 4.78 is 5.40. The van der Waals surface area contributed by atoms with Crippen molar-refractivity contribution in [3.63, 3.8) is 0 Å². The molecule has 2 rings (SSSR count). The van der Waals surface area contributed by atoms with Gasteiger partial charge >= 0.3 is 0 Å². The summed E-state index contributed by atoms with van der Waals surface area (Å²) in [4.78, 5) is 0. The van der Waals surface area contributed by atoms with Gasteiger partial charge in [0, 0.05) is 25.5 Å². The van der Waals surface area contributed by atoms with Gasteiger partial charge in [-0.3, -0.25) is 4.68 Å². The van der Waals surface area contributed by atoms with Crippen LogP contribution in [0.15, 0.2) is 22.8 Å². The lowest BCUT2D eigenvalue weighted by Crippen LogP contribution is -2.17. The normalized spacial score (nSPS) is 11.2. The van der Waals surface area contributed by atoms with E-state index in [0.29, 0.717) is 0 Å². The zero-order valence-corrected chi connectivity index (χ0v) is 14.1. The summed E-state index contributed by atoms with van der Waals surface area (Å²) in [5, 5.41) is 8.01. The van der Waals surface area contributed by atoms with Crippen LogP contribution in [0.5, 0.6) is 0 Å². The van der Waals surface area contributed by atoms with Gasteiger partial charge < -0.3 is 9.88 Å². The smallest absolute Gasteiger partial charge is 0.0767 e. The maximum atomic E-state index is 4.56. The topological polar surface area (TPSA) is 34.8 Å². The van der Waals surface area contributed by atoms with Crippen LogP contribution in [0.1, 0.15) is 37.4 Å². The maximum absolute atomic E-state index is 4.56. The first kappa shape index (κ1) is 15.3. The van der Waals surface area contributed by atoms with Crippen LogP contribution in [0.2, 0.25) is 0 Å². The first-order valence-electron chi connectivity index (χ1n) is 7.22. The lowest BCUT2D eigenvalue weighted by Gasteiger charge is -2.11. The van der Waals surface area contributed by atoms with Crippen LogP contribution < -0.4 is 5.32 Å². The highest BCUT2D eigenvalue weighted by molar-refractivity contribution is 9.10. The first-order valence-corrected chi connectivity index (χ1v) is 8.01. The molecule has 20 heavy (non-hydrogen) atoms. The van der Waals surface area contributed by atoms with Crippen molar-refractivity contribution in [1.29, 1.82) is 0 Å². The second kappa shape index (κ2) is 7.09. The van der Waals surface area contributed by atoms with Crippen molar-refractivity contribution < 1.29 is 0 Å². The zero-order valence-electron chi connectivity index (χ0n) is 12.5. The molecule has 1 N–H and O–H groups in total. The number of nitrogens with one attached hydrogen (secondary N) is 1. The molecule has 2 aromatic rings. The molecular weight excluding hydrogens is 316 g/mol. The molecule has 0 amide bonds. The molecule has 0 unspecified atom stereocenters. The van der Waals surface area contributed by atoms with E-state index in [1.165, 1.54) is 11.4 Å². The molecule has 0 atom stereocenters. The third kappa shape index (κ3) is 3.33. The van der Waals surface area contributed by atoms with Gasteiger partial charge in [0.15, 0.2) is 0 Å². The van der Waals surface area contributed by atoms with E-state index in [1.807, 2.05) is 11.7 Å². The van der Waals surface area contributed by atoms with Crippen molar-refractivity contribution in [2.75, 3.05) is 6.54 Å². The van der Waals surface area contributed by atoms with Crippen molar-refractivity contribution in [1.82, 2.24) is 19.7 Å². The van der Waals surface area contributed by atoms with Gasteiger partial charge in [-0.2, -0.15) is 5.10 Å². The number of aromatic nitrogens is 3. The summed E-state index contributed by atoms with van der Waals surface area (Å²) in [6.07, 6.45) is 4.24. The molecule has 0 aliphatic heterocycles. The largest absolute Gasteiger partial charge is 0.344 e. The lowest BCUT2D eigenvalue weighted by atomic mass is 10.3. The van der Waals surface area contributed by atoms with Crippen molar-refractivity contribution in [2.24, 2.45) is 7.05 Å². The van der Waals surface area contributed by atoms with Crippen molar-refractivity contribution in [3.05, 3.63) is 39.9 Å². The summed E-state index contributed by atoms with van der Waals surface area (Å²) in [5.74, 6) is 0. The summed E-state index contributed by atoms with van der Waals surface area (Å²) >= 11 is 3.68. The minimum absolute atomic E-state index is 0.847. The van der Waals surface area contributed by atoms with E-state index in [1.54, 1.807) is 0 Å². The molecule has 0 spiro atoms. The zero-order chi connectivity index (χ0) is 14.5. The molecule has 0 saturated heterocycles. The molecule has 2 heterocycles. The van der Waals surface area contributed by atoms with E-state index in [2.05, 4.69) is 63.1 Å². The minimum Gasteiger partial charge on any atom is -0.344 e. The highest BCUT2D eigenvalue weighted by Gasteiger charge is 2.13. The molecule has 5 heteroatoms. The van der Waals surface area contributed by atoms with Crippen molar-refractivity contribution >= 4 is 15.9 Å². The molecule has 0 radical (unpaired) electrons. The molecule has 0 aromatic carbocycles. The van der Waals surface area contributed by atoms with Crippen LogP contribution in [0.4, 0.5) is 0 Å². The van der Waals surface area contributed by atoms with Gasteiger partial charge in [0.2, 0.25) is 0 Å². The SMILES string of the molecule is CCCNCc1cccn1Cc1c(Br)c(CC)nn1C. The van der Waals surface area contributed by atoms with E-state index < -0.39 is 0 Å². The van der Waals surface area contributed by atoms with E-state index >= 15 is 0 Å². The van der Waals surface area contributed by atoms with Crippen LogP contribution in [-0.2, 0) is 26.6 Å². The van der Waals surface area contributed by atoms with Crippen LogP contribution in [0, 0.1) is 0 Å². The second-order valence-electron chi connectivity index (χ2n) is 4.99. The van der Waals surface area contributed by atoms with Gasteiger partial charge in [-0.15, -0.1) is 0 Å². The van der Waals surface area contributed by atoms with Gasteiger partial charge in [0.1, 0.15) is 0 Å². The number of aryl methyl sites for hydroxylation is 2. The Kier molecular flexibility index (Phi) is 5.43. The van der Waals surface area contributed by atoms with E-state index in [-0.39, 0.29) is 0 Å². The van der Waals surface area contributed by atoms with Gasteiger partial charge in [-0.1, -0.05) is 13.8 Å². The van der Waals surface area contributed by atoms with E-state index in [4.69, 9.17) is 0 Å². The maximum Gasteiger partial charge on any atom is 0.0767 e. The van der Waals surface area contributed by atoms with Gasteiger partial charge in [-0.05, 0) is 47.4 Å². The predicted molar refractivity (Wildman–Crippen MR) is 85.8 cm³/mol. The first-order chi connectivity index (χ1) is 9.67. The summed E-state index contributed by atoms with van der Waals surface area (Å²) in [6, 6.07) is 4.28. The Labute approximate surface area is 129 Å². The fourth-order valence-corrected chi connectivity index (χ4v) is 3.05. The molecular formula is C15H23BrN4. The van der Waals surface area contributed by atoms with E-state index in [9.17, 15) is 0 Å². The fraction of sp³-hybridized carbons (Fsp3) is 0.533. The van der Waals surface area contributed by atoms with Crippen LogP contribution >= 0.6 is 15.9 Å². The number of halogens is 1. The second-order valence-corrected chi connectivity index (χ2v) is 5.78. The Morgan fingerprint density at radius 1 is 1.35 bits per heavy atom. The highest BCUT2D eigenvalue weighted by atomic mass is 79.9. The molecule has 0 aliphatic carbocycles. The minimum atomic E-state index is 0.847. The van der Waals surface area contributed by atoms with Gasteiger partial charge in [0.25, 0.3) is 0 Å². The van der Waals surface area contributed by atoms with Crippen molar-refractivity contribution in [2.45, 2.75) is 39.8 Å². The van der Waals surface area contributed by atoms with E-state index in [0.717, 1.165) is 42.6 Å². The Bertz CT molecular complexity index is 556. The average Bonchev–Trinajstić information content (AvgIpc) is 2.98. The summed E-state index contributed by atoms with van der Waals surface area (Å²) in [5.41, 5.74) is 3.65. The molecule has 0 saturated carbocycles. The Morgan fingerprint density at radius 3 is 2.80 bits per heavy atom. The fourth-order valence-electron chi connectivity index (χ4n) is 2.31. The summed E-state index contributed by atoms with van der Waals surface area (Å²) in [7, 11) is 2.01. The molecule has 2 aromatic heterocycles. The Balaban J connectivity index is 2.14. The number of nitrogens with zero attached hydrogens (tertiary/aromatic N) is 3. The Hall–Kier alpha value is -1.07. The summed E-state index contributed by atoms with van der Waals surface area (Å²) in [6.45, 7) is 7.13. The quantitative estimate of drug-likeness (QED) is 0.787. The standard InChI is InChI=1S/C15H23BrN4/c1-4-8-17-10-12-7-6-9-20(12)11-14-15(16)13(5-2)18-19(14)3/h6-7,9,17H,4-5,8,10-11H2,1-3H3. The number of rotatable bonds is 7. The third-order valence-electron chi connectivity index (χ3n) is 3.48. The highest BCUT2D eigenvalue weighted by Crippen LogP contribution is 2.23. The lowest BCUT2D eigenvalue weighted by molar-refractivity contribution is 0.608. The van der Waals surface area contributed by atoms with Crippen molar-refractivity contribution in [3.8, 4) is 0 Å². The average molecular weight is 339 g/mol. The van der Waals surface area contributed by atoms with Gasteiger partial charge in [-0.25, -0.2) is 0 Å². The van der Waals surface area contributed by atoms with Crippen LogP contribution in [0.25, 0.3) is 0 Å². The molecule has 110 valence electrons. The van der Waals surface area contributed by atoms with Crippen LogP contribution in [0.3, 0.4) is 0 Å². The number of hydrogen-bond donors (Lipinski definition) is 1. The van der Waals surface area contributed by atoms with Crippen LogP contribution in [-0.4, -0.2) is 20.9 Å². The Morgan fingerprint density at radius 2 is 2.15 bits per heavy atom. The molecule has 0 fully saturated rings. The monoisotopic (exact) mass is 338 g/mol.